The fourth-order valence-electron chi connectivity index (χ4n) is 2.68. The molecular formula is C19H38N2O3. The molecule has 1 unspecified atom stereocenters. The van der Waals surface area contributed by atoms with E-state index in [0.29, 0.717) is 32.4 Å². The maximum atomic E-state index is 12.0. The highest BCUT2D eigenvalue weighted by molar-refractivity contribution is 5.84. The zero-order valence-electron chi connectivity index (χ0n) is 15.8. The first-order chi connectivity index (χ1) is 11.7. The van der Waals surface area contributed by atoms with Gasteiger partial charge in [0.2, 0.25) is 5.91 Å². The number of unbranched alkanes of at least 4 members (excludes halogenated alkanes) is 8. The normalized spacial score (nSPS) is 12.0. The summed E-state index contributed by atoms with van der Waals surface area (Å²) in [5, 5.41) is 2.79. The van der Waals surface area contributed by atoms with Crippen LogP contribution in [-0.2, 0) is 14.3 Å². The molecule has 1 atom stereocenters. The van der Waals surface area contributed by atoms with Crippen molar-refractivity contribution in [1.82, 2.24) is 5.32 Å². The highest BCUT2D eigenvalue weighted by Crippen LogP contribution is 2.10. The molecule has 0 aromatic heterocycles. The number of rotatable bonds is 16. The molecule has 0 rings (SSSR count). The largest absolute Gasteiger partial charge is 0.464 e. The van der Waals surface area contributed by atoms with Gasteiger partial charge in [-0.3, -0.25) is 4.79 Å². The number of carbonyl (C=O) groups excluding carboxylic acids is 2. The van der Waals surface area contributed by atoms with Crippen LogP contribution in [0.2, 0.25) is 0 Å². The van der Waals surface area contributed by atoms with Gasteiger partial charge < -0.3 is 15.8 Å². The number of hydrogen-bond donors (Lipinski definition) is 2. The average Bonchev–Trinajstić information content (AvgIpc) is 2.57. The van der Waals surface area contributed by atoms with E-state index < -0.39 is 6.04 Å². The average molecular weight is 343 g/mol. The summed E-state index contributed by atoms with van der Waals surface area (Å²) in [7, 11) is 0. The van der Waals surface area contributed by atoms with Crippen LogP contribution in [0.5, 0.6) is 0 Å². The van der Waals surface area contributed by atoms with Gasteiger partial charge in [0, 0.05) is 6.42 Å². The Kier molecular flexibility index (Phi) is 16.0. The number of hydrogen-bond acceptors (Lipinski definition) is 4. The van der Waals surface area contributed by atoms with Crippen LogP contribution in [0, 0.1) is 0 Å². The molecule has 5 heteroatoms. The first-order valence-corrected chi connectivity index (χ1v) is 9.81. The van der Waals surface area contributed by atoms with Crippen LogP contribution >= 0.6 is 0 Å². The van der Waals surface area contributed by atoms with Crippen molar-refractivity contribution < 1.29 is 14.3 Å². The summed E-state index contributed by atoms with van der Waals surface area (Å²) >= 11 is 0. The second-order valence-corrected chi connectivity index (χ2v) is 6.38. The van der Waals surface area contributed by atoms with Crippen LogP contribution in [0.4, 0.5) is 0 Å². The lowest BCUT2D eigenvalue weighted by molar-refractivity contribution is -0.147. The van der Waals surface area contributed by atoms with E-state index in [0.717, 1.165) is 12.8 Å². The van der Waals surface area contributed by atoms with Crippen LogP contribution in [0.15, 0.2) is 0 Å². The van der Waals surface area contributed by atoms with Crippen molar-refractivity contribution in [2.45, 2.75) is 96.9 Å². The number of esters is 1. The van der Waals surface area contributed by atoms with E-state index in [9.17, 15) is 9.59 Å². The summed E-state index contributed by atoms with van der Waals surface area (Å²) in [5.74, 6) is -0.417. The van der Waals surface area contributed by atoms with Gasteiger partial charge in [0.05, 0.1) is 6.61 Å². The van der Waals surface area contributed by atoms with Crippen molar-refractivity contribution in [1.29, 1.82) is 0 Å². The van der Waals surface area contributed by atoms with Gasteiger partial charge in [-0.05, 0) is 32.7 Å². The Morgan fingerprint density at radius 3 is 2.04 bits per heavy atom. The van der Waals surface area contributed by atoms with Gasteiger partial charge in [-0.2, -0.15) is 0 Å². The van der Waals surface area contributed by atoms with Gasteiger partial charge >= 0.3 is 5.97 Å². The Balaban J connectivity index is 3.77. The van der Waals surface area contributed by atoms with E-state index in [1.807, 2.05) is 0 Å². The first-order valence-electron chi connectivity index (χ1n) is 9.81. The third-order valence-electron chi connectivity index (χ3n) is 4.11. The summed E-state index contributed by atoms with van der Waals surface area (Å²) in [6.45, 7) is 4.83. The minimum Gasteiger partial charge on any atom is -0.464 e. The second-order valence-electron chi connectivity index (χ2n) is 6.38. The lowest BCUT2D eigenvalue weighted by Crippen LogP contribution is -2.42. The van der Waals surface area contributed by atoms with Crippen LogP contribution in [-0.4, -0.2) is 31.1 Å². The number of ether oxygens (including phenoxy) is 1. The predicted molar refractivity (Wildman–Crippen MR) is 98.7 cm³/mol. The Bertz CT molecular complexity index is 322. The van der Waals surface area contributed by atoms with Crippen molar-refractivity contribution >= 4 is 11.9 Å². The summed E-state index contributed by atoms with van der Waals surface area (Å²) in [6.07, 6.45) is 12.7. The van der Waals surface area contributed by atoms with Crippen molar-refractivity contribution in [3.05, 3.63) is 0 Å². The molecule has 0 aliphatic rings. The fourth-order valence-corrected chi connectivity index (χ4v) is 2.68. The number of amides is 1. The zero-order chi connectivity index (χ0) is 18.0. The maximum absolute atomic E-state index is 12.0. The highest BCUT2D eigenvalue weighted by Gasteiger charge is 2.20. The van der Waals surface area contributed by atoms with Gasteiger partial charge in [0.25, 0.3) is 0 Å². The first kappa shape index (κ1) is 22.9. The molecule has 0 aliphatic heterocycles. The topological polar surface area (TPSA) is 81.4 Å². The highest BCUT2D eigenvalue weighted by atomic mass is 16.5. The van der Waals surface area contributed by atoms with Crippen LogP contribution in [0.3, 0.4) is 0 Å². The van der Waals surface area contributed by atoms with Crippen molar-refractivity contribution in [3.63, 3.8) is 0 Å². The fraction of sp³-hybridized carbons (Fsp3) is 0.895. The molecule has 0 spiro atoms. The molecule has 0 saturated heterocycles. The van der Waals surface area contributed by atoms with E-state index >= 15 is 0 Å². The molecule has 0 aliphatic carbocycles. The lowest BCUT2D eigenvalue weighted by atomic mass is 10.1. The summed E-state index contributed by atoms with van der Waals surface area (Å²) in [6, 6.07) is -0.556. The standard InChI is InChI=1S/C19H38N2O3/c1-3-5-6-7-8-9-10-11-12-15-18(22)21-17(14-13-16-20)19(23)24-4-2/h17H,3-16,20H2,1-2H3,(H,21,22). The molecule has 0 fully saturated rings. The smallest absolute Gasteiger partial charge is 0.328 e. The van der Waals surface area contributed by atoms with Gasteiger partial charge in [-0.25, -0.2) is 4.79 Å². The SMILES string of the molecule is CCCCCCCCCCCC(=O)NC(CCCN)C(=O)OCC. The Labute approximate surface area is 148 Å². The minimum atomic E-state index is -0.556. The van der Waals surface area contributed by atoms with Crippen molar-refractivity contribution in [2.24, 2.45) is 5.73 Å². The zero-order valence-corrected chi connectivity index (χ0v) is 15.8. The minimum absolute atomic E-state index is 0.0620. The van der Waals surface area contributed by atoms with Crippen molar-refractivity contribution in [3.8, 4) is 0 Å². The van der Waals surface area contributed by atoms with Gasteiger partial charge in [-0.15, -0.1) is 0 Å². The quantitative estimate of drug-likeness (QED) is 0.331. The maximum Gasteiger partial charge on any atom is 0.328 e. The Hall–Kier alpha value is -1.10. The Morgan fingerprint density at radius 1 is 0.917 bits per heavy atom. The molecule has 5 nitrogen and oxygen atoms in total. The molecular weight excluding hydrogens is 304 g/mol. The third-order valence-corrected chi connectivity index (χ3v) is 4.11. The molecule has 24 heavy (non-hydrogen) atoms. The summed E-state index contributed by atoms with van der Waals surface area (Å²) < 4.78 is 5.01. The van der Waals surface area contributed by atoms with Crippen molar-refractivity contribution in [2.75, 3.05) is 13.2 Å². The molecule has 1 amide bonds. The molecule has 0 saturated carbocycles. The molecule has 142 valence electrons. The van der Waals surface area contributed by atoms with Gasteiger partial charge in [0.15, 0.2) is 0 Å². The molecule has 0 heterocycles. The summed E-state index contributed by atoms with van der Waals surface area (Å²) in [4.78, 5) is 23.8. The van der Waals surface area contributed by atoms with Gasteiger partial charge in [-0.1, -0.05) is 58.3 Å². The van der Waals surface area contributed by atoms with Crippen LogP contribution < -0.4 is 11.1 Å². The molecule has 0 aromatic carbocycles. The van der Waals surface area contributed by atoms with E-state index in [1.54, 1.807) is 6.92 Å². The third kappa shape index (κ3) is 13.3. The summed E-state index contributed by atoms with van der Waals surface area (Å²) in [5.41, 5.74) is 5.48. The van der Waals surface area contributed by atoms with E-state index in [2.05, 4.69) is 12.2 Å². The lowest BCUT2D eigenvalue weighted by Gasteiger charge is -2.17. The van der Waals surface area contributed by atoms with Gasteiger partial charge in [0.1, 0.15) is 6.04 Å². The molecule has 0 radical (unpaired) electrons. The Morgan fingerprint density at radius 2 is 1.50 bits per heavy atom. The molecule has 0 aromatic rings. The number of nitrogens with one attached hydrogen (secondary N) is 1. The molecule has 3 N–H and O–H groups in total. The number of carbonyl (C=O) groups is 2. The number of nitrogens with two attached hydrogens (primary N) is 1. The van der Waals surface area contributed by atoms with E-state index in [-0.39, 0.29) is 11.9 Å². The monoisotopic (exact) mass is 342 g/mol. The predicted octanol–water partition coefficient (Wildman–Crippen LogP) is 3.69. The van der Waals surface area contributed by atoms with E-state index in [4.69, 9.17) is 10.5 Å². The molecule has 0 bridgehead atoms. The van der Waals surface area contributed by atoms with Crippen LogP contribution in [0.1, 0.15) is 90.9 Å². The van der Waals surface area contributed by atoms with Crippen LogP contribution in [0.25, 0.3) is 0 Å². The second kappa shape index (κ2) is 16.7. The van der Waals surface area contributed by atoms with E-state index in [1.165, 1.54) is 44.9 Å².